The van der Waals surface area contributed by atoms with Crippen LogP contribution < -0.4 is 0 Å². The molecule has 0 spiro atoms. The zero-order valence-electron chi connectivity index (χ0n) is 13.0. The molecule has 0 radical (unpaired) electrons. The van der Waals surface area contributed by atoms with E-state index in [0.717, 1.165) is 30.6 Å². The molecule has 0 atom stereocenters. The molecular formula is C16H17F2N5. The van der Waals surface area contributed by atoms with Gasteiger partial charge < -0.3 is 0 Å². The minimum absolute atomic E-state index is 0.0178. The van der Waals surface area contributed by atoms with Crippen molar-refractivity contribution in [1.29, 1.82) is 0 Å². The Bertz CT molecular complexity index is 876. The molecule has 0 amide bonds. The average Bonchev–Trinajstić information content (AvgIpc) is 3.17. The largest absolute Gasteiger partial charge is 0.272 e. The minimum Gasteiger partial charge on any atom is -0.272 e. The van der Waals surface area contributed by atoms with E-state index in [1.54, 1.807) is 22.6 Å². The first-order chi connectivity index (χ1) is 11.1. The van der Waals surface area contributed by atoms with Crippen LogP contribution in [0.1, 0.15) is 43.4 Å². The summed E-state index contributed by atoms with van der Waals surface area (Å²) in [5.41, 5.74) is 2.55. The van der Waals surface area contributed by atoms with E-state index in [0.29, 0.717) is 22.6 Å². The van der Waals surface area contributed by atoms with Gasteiger partial charge in [-0.25, -0.2) is 13.8 Å². The highest BCUT2D eigenvalue weighted by atomic mass is 19.3. The number of aromatic nitrogens is 5. The zero-order chi connectivity index (χ0) is 16.1. The fourth-order valence-corrected chi connectivity index (χ4v) is 2.94. The van der Waals surface area contributed by atoms with Crippen molar-refractivity contribution in [3.63, 3.8) is 0 Å². The maximum atomic E-state index is 13.7. The fourth-order valence-electron chi connectivity index (χ4n) is 2.94. The van der Waals surface area contributed by atoms with Crippen molar-refractivity contribution in [2.75, 3.05) is 0 Å². The predicted molar refractivity (Wildman–Crippen MR) is 82.3 cm³/mol. The first kappa shape index (κ1) is 14.3. The number of rotatable bonds is 4. The van der Waals surface area contributed by atoms with Gasteiger partial charge in [-0.3, -0.25) is 9.36 Å². The summed E-state index contributed by atoms with van der Waals surface area (Å²) in [6, 6.07) is 1.48. The standard InChI is InChI=1S/C16H17F2N5/c1-3-23-8-10(7-19-23)12-6-11(15(17)18)13-14(9-4-5-9)21-22(2)16(13)20-12/h6-9,15H,3-5H2,1-2H3. The summed E-state index contributed by atoms with van der Waals surface area (Å²) in [4.78, 5) is 4.58. The molecule has 120 valence electrons. The summed E-state index contributed by atoms with van der Waals surface area (Å²) in [6.45, 7) is 2.70. The molecule has 0 N–H and O–H groups in total. The van der Waals surface area contributed by atoms with Crippen molar-refractivity contribution in [1.82, 2.24) is 24.5 Å². The van der Waals surface area contributed by atoms with Crippen molar-refractivity contribution < 1.29 is 8.78 Å². The topological polar surface area (TPSA) is 48.5 Å². The fraction of sp³-hybridized carbons (Fsp3) is 0.438. The van der Waals surface area contributed by atoms with Gasteiger partial charge in [0.2, 0.25) is 0 Å². The second-order valence-corrected chi connectivity index (χ2v) is 5.96. The summed E-state index contributed by atoms with van der Waals surface area (Å²) in [6.07, 6.45) is 2.95. The molecule has 1 fully saturated rings. The van der Waals surface area contributed by atoms with Gasteiger partial charge in [0.25, 0.3) is 6.43 Å². The molecule has 0 aromatic carbocycles. The van der Waals surface area contributed by atoms with Crippen LogP contribution >= 0.6 is 0 Å². The van der Waals surface area contributed by atoms with Crippen LogP contribution in [0.5, 0.6) is 0 Å². The minimum atomic E-state index is -2.55. The van der Waals surface area contributed by atoms with Crippen LogP contribution in [-0.4, -0.2) is 24.5 Å². The van der Waals surface area contributed by atoms with E-state index in [4.69, 9.17) is 0 Å². The summed E-state index contributed by atoms with van der Waals surface area (Å²) in [5.74, 6) is 0.298. The first-order valence-corrected chi connectivity index (χ1v) is 7.77. The SMILES string of the molecule is CCn1cc(-c2cc(C(F)F)c3c(C4CC4)nn(C)c3n2)cn1. The smallest absolute Gasteiger partial charge is 0.264 e. The van der Waals surface area contributed by atoms with E-state index in [1.165, 1.54) is 6.07 Å². The quantitative estimate of drug-likeness (QED) is 0.738. The number of fused-ring (bicyclic) bond motifs is 1. The lowest BCUT2D eigenvalue weighted by Crippen LogP contribution is -1.96. The molecule has 3 heterocycles. The molecular weight excluding hydrogens is 300 g/mol. The summed E-state index contributed by atoms with van der Waals surface area (Å²) < 4.78 is 30.7. The van der Waals surface area contributed by atoms with Gasteiger partial charge in [-0.2, -0.15) is 10.2 Å². The van der Waals surface area contributed by atoms with Crippen LogP contribution in [0.4, 0.5) is 8.78 Å². The number of nitrogens with zero attached hydrogens (tertiary/aromatic N) is 5. The van der Waals surface area contributed by atoms with Gasteiger partial charge in [0.05, 0.1) is 23.0 Å². The van der Waals surface area contributed by atoms with E-state index in [2.05, 4.69) is 15.2 Å². The van der Waals surface area contributed by atoms with E-state index in [-0.39, 0.29) is 5.56 Å². The summed E-state index contributed by atoms with van der Waals surface area (Å²) in [7, 11) is 1.76. The third-order valence-corrected chi connectivity index (χ3v) is 4.30. The van der Waals surface area contributed by atoms with E-state index in [9.17, 15) is 8.78 Å². The highest BCUT2D eigenvalue weighted by Crippen LogP contribution is 2.44. The number of halogens is 2. The van der Waals surface area contributed by atoms with Gasteiger partial charge in [0.15, 0.2) is 5.65 Å². The normalized spacial score (nSPS) is 15.0. The molecule has 5 nitrogen and oxygen atoms in total. The molecule has 4 rings (SSSR count). The number of aryl methyl sites for hydroxylation is 2. The van der Waals surface area contributed by atoms with Crippen molar-refractivity contribution in [2.24, 2.45) is 7.05 Å². The molecule has 1 saturated carbocycles. The molecule has 3 aromatic rings. The van der Waals surface area contributed by atoms with E-state index in [1.807, 2.05) is 13.1 Å². The molecule has 23 heavy (non-hydrogen) atoms. The lowest BCUT2D eigenvalue weighted by molar-refractivity contribution is 0.153. The Kier molecular flexibility index (Phi) is 3.18. The number of alkyl halides is 2. The van der Waals surface area contributed by atoms with Crippen LogP contribution in [0, 0.1) is 0 Å². The van der Waals surface area contributed by atoms with Gasteiger partial charge >= 0.3 is 0 Å². The van der Waals surface area contributed by atoms with E-state index < -0.39 is 6.43 Å². The van der Waals surface area contributed by atoms with Crippen LogP contribution in [0.3, 0.4) is 0 Å². The third-order valence-electron chi connectivity index (χ3n) is 4.30. The molecule has 0 bridgehead atoms. The maximum Gasteiger partial charge on any atom is 0.264 e. The van der Waals surface area contributed by atoms with Gasteiger partial charge in [-0.15, -0.1) is 0 Å². The number of hydrogen-bond acceptors (Lipinski definition) is 3. The monoisotopic (exact) mass is 317 g/mol. The van der Waals surface area contributed by atoms with Crippen molar-refractivity contribution in [3.05, 3.63) is 29.7 Å². The third kappa shape index (κ3) is 2.31. The average molecular weight is 317 g/mol. The Morgan fingerprint density at radius 1 is 1.35 bits per heavy atom. The van der Waals surface area contributed by atoms with Crippen LogP contribution in [0.15, 0.2) is 18.5 Å². The van der Waals surface area contributed by atoms with Gasteiger partial charge in [-0.05, 0) is 25.8 Å². The van der Waals surface area contributed by atoms with Gasteiger partial charge in [0.1, 0.15) is 0 Å². The molecule has 0 saturated heterocycles. The van der Waals surface area contributed by atoms with Crippen LogP contribution in [0.25, 0.3) is 22.3 Å². The Labute approximate surface area is 131 Å². The Hall–Kier alpha value is -2.31. The van der Waals surface area contributed by atoms with E-state index >= 15 is 0 Å². The lowest BCUT2D eigenvalue weighted by Gasteiger charge is -2.06. The molecule has 0 unspecified atom stereocenters. The highest BCUT2D eigenvalue weighted by molar-refractivity contribution is 5.86. The zero-order valence-corrected chi connectivity index (χ0v) is 13.0. The van der Waals surface area contributed by atoms with Crippen molar-refractivity contribution >= 4 is 11.0 Å². The Morgan fingerprint density at radius 2 is 2.13 bits per heavy atom. The Balaban J connectivity index is 1.95. The second kappa shape index (κ2) is 5.11. The van der Waals surface area contributed by atoms with Crippen molar-refractivity contribution in [3.8, 4) is 11.3 Å². The molecule has 7 heteroatoms. The molecule has 1 aliphatic carbocycles. The highest BCUT2D eigenvalue weighted by Gasteiger charge is 2.32. The number of pyridine rings is 1. The first-order valence-electron chi connectivity index (χ1n) is 7.77. The van der Waals surface area contributed by atoms with Gasteiger partial charge in [-0.1, -0.05) is 0 Å². The summed E-state index contributed by atoms with van der Waals surface area (Å²) in [5, 5.41) is 9.17. The molecule has 3 aromatic heterocycles. The predicted octanol–water partition coefficient (Wildman–Crippen LogP) is 3.67. The van der Waals surface area contributed by atoms with Gasteiger partial charge in [0, 0.05) is 36.8 Å². The Morgan fingerprint density at radius 3 is 2.74 bits per heavy atom. The molecule has 1 aliphatic rings. The number of hydrogen-bond donors (Lipinski definition) is 0. The second-order valence-electron chi connectivity index (χ2n) is 5.96. The maximum absolute atomic E-state index is 13.7. The van der Waals surface area contributed by atoms with Crippen LogP contribution in [-0.2, 0) is 13.6 Å². The molecule has 0 aliphatic heterocycles. The summed E-state index contributed by atoms with van der Waals surface area (Å²) >= 11 is 0. The van der Waals surface area contributed by atoms with Crippen LogP contribution in [0.2, 0.25) is 0 Å². The van der Waals surface area contributed by atoms with Crippen molar-refractivity contribution in [2.45, 2.75) is 38.7 Å². The lowest BCUT2D eigenvalue weighted by atomic mass is 10.1.